The van der Waals surface area contributed by atoms with Crippen LogP contribution in [-0.2, 0) is 17.8 Å². The van der Waals surface area contributed by atoms with Gasteiger partial charge < -0.3 is 33.7 Å². The van der Waals surface area contributed by atoms with Crippen LogP contribution < -0.4 is 5.73 Å². The van der Waals surface area contributed by atoms with Crippen molar-refractivity contribution in [1.29, 1.82) is 0 Å². The molecule has 1 unspecified atom stereocenters. The molecule has 0 saturated carbocycles. The highest BCUT2D eigenvalue weighted by Crippen LogP contribution is 2.25. The summed E-state index contributed by atoms with van der Waals surface area (Å²) in [5.41, 5.74) is 5.63. The molecule has 1 atom stereocenters. The van der Waals surface area contributed by atoms with Gasteiger partial charge in [-0.3, -0.25) is 0 Å². The number of rotatable bonds is 5. The molecule has 8 nitrogen and oxygen atoms in total. The zero-order valence-corrected chi connectivity index (χ0v) is 11.7. The van der Waals surface area contributed by atoms with Crippen LogP contribution in [0.3, 0.4) is 0 Å². The van der Waals surface area contributed by atoms with Crippen LogP contribution in [0.5, 0.6) is 0 Å². The first kappa shape index (κ1) is 18.5. The van der Waals surface area contributed by atoms with Crippen molar-refractivity contribution in [1.82, 2.24) is 0 Å². The number of hydrogen-bond donors (Lipinski definition) is 4. The van der Waals surface area contributed by atoms with Gasteiger partial charge in [-0.05, 0) is 6.42 Å². The van der Waals surface area contributed by atoms with Gasteiger partial charge in [0.25, 0.3) is 0 Å². The Kier molecular flexibility index (Phi) is 9.60. The molecular formula is C6H20NO7PSi. The maximum absolute atomic E-state index is 8.88. The van der Waals surface area contributed by atoms with Gasteiger partial charge in [-0.25, -0.2) is 4.57 Å². The Hall–Kier alpha value is 0.167. The summed E-state index contributed by atoms with van der Waals surface area (Å²) in [6.45, 7) is 1.98. The molecule has 0 heterocycles. The number of hydrogen-bond acceptors (Lipinski definition) is 5. The molecule has 16 heavy (non-hydrogen) atoms. The van der Waals surface area contributed by atoms with Crippen LogP contribution in [-0.4, -0.2) is 50.5 Å². The maximum Gasteiger partial charge on any atom is 0.517 e. The molecule has 5 N–H and O–H groups in total. The van der Waals surface area contributed by atoms with Crippen molar-refractivity contribution in [2.75, 3.05) is 21.3 Å². The van der Waals surface area contributed by atoms with Crippen LogP contribution in [0.15, 0.2) is 0 Å². The van der Waals surface area contributed by atoms with E-state index >= 15 is 0 Å². The van der Waals surface area contributed by atoms with E-state index < -0.39 is 16.6 Å². The average Bonchev–Trinajstić information content (AvgIpc) is 2.18. The van der Waals surface area contributed by atoms with E-state index in [9.17, 15) is 0 Å². The van der Waals surface area contributed by atoms with Gasteiger partial charge >= 0.3 is 16.6 Å². The van der Waals surface area contributed by atoms with Crippen LogP contribution in [0.2, 0.25) is 0 Å². The van der Waals surface area contributed by atoms with Gasteiger partial charge in [-0.2, -0.15) is 0 Å². The summed E-state index contributed by atoms with van der Waals surface area (Å²) < 4.78 is 24.4. The molecule has 0 aromatic carbocycles. The van der Waals surface area contributed by atoms with Gasteiger partial charge in [0.15, 0.2) is 0 Å². The van der Waals surface area contributed by atoms with Crippen LogP contribution in [0.4, 0.5) is 0 Å². The normalized spacial score (nSPS) is 14.0. The largest absolute Gasteiger partial charge is 0.517 e. The summed E-state index contributed by atoms with van der Waals surface area (Å²) in [5.74, 6) is 0. The first-order valence-corrected chi connectivity index (χ1v) is 7.72. The molecule has 0 aliphatic rings. The average molecular weight is 277 g/mol. The quantitative estimate of drug-likeness (QED) is 0.380. The molecule has 100 valence electrons. The fourth-order valence-corrected chi connectivity index (χ4v) is 2.86. The third-order valence-corrected chi connectivity index (χ3v) is 4.77. The van der Waals surface area contributed by atoms with E-state index in [0.717, 1.165) is 6.42 Å². The highest BCUT2D eigenvalue weighted by atomic mass is 31.2. The predicted octanol–water partition coefficient (Wildman–Crippen LogP) is -0.788. The fourth-order valence-electron chi connectivity index (χ4n) is 0.954. The minimum absolute atomic E-state index is 0.137. The van der Waals surface area contributed by atoms with Gasteiger partial charge in [0, 0.05) is 21.3 Å². The molecule has 0 aromatic rings. The third-order valence-electron chi connectivity index (χ3n) is 1.75. The van der Waals surface area contributed by atoms with E-state index in [2.05, 4.69) is 0 Å². The monoisotopic (exact) mass is 277 g/mol. The lowest BCUT2D eigenvalue weighted by molar-refractivity contribution is 0.112. The predicted molar refractivity (Wildman–Crippen MR) is 59.3 cm³/mol. The van der Waals surface area contributed by atoms with E-state index in [1.807, 2.05) is 6.92 Å². The zero-order valence-electron chi connectivity index (χ0n) is 9.78. The van der Waals surface area contributed by atoms with Gasteiger partial charge in [0.05, 0.1) is 5.67 Å². The molecule has 10 heteroatoms. The van der Waals surface area contributed by atoms with Crippen molar-refractivity contribution in [3.8, 4) is 0 Å². The molecule has 0 spiro atoms. The molecule has 0 saturated heterocycles. The first-order chi connectivity index (χ1) is 7.16. The summed E-state index contributed by atoms with van der Waals surface area (Å²) in [5, 5.41) is 0. The van der Waals surface area contributed by atoms with Crippen LogP contribution in [0.1, 0.15) is 13.3 Å². The first-order valence-electron chi connectivity index (χ1n) is 4.36. The van der Waals surface area contributed by atoms with Crippen molar-refractivity contribution >= 4 is 16.6 Å². The Morgan fingerprint density at radius 2 is 1.44 bits per heavy atom. The summed E-state index contributed by atoms with van der Waals surface area (Å²) >= 11 is 0. The number of nitrogens with two attached hydrogens (primary N) is 1. The fraction of sp³-hybridized carbons (Fsp3) is 1.00. The molecule has 0 aliphatic carbocycles. The van der Waals surface area contributed by atoms with Crippen molar-refractivity contribution in [2.24, 2.45) is 5.73 Å². The second kappa shape index (κ2) is 8.29. The smallest absolute Gasteiger partial charge is 0.376 e. The van der Waals surface area contributed by atoms with Crippen LogP contribution in [0, 0.1) is 0 Å². The minimum Gasteiger partial charge on any atom is -0.376 e. The van der Waals surface area contributed by atoms with Crippen LogP contribution in [0.25, 0.3) is 0 Å². The Bertz CT molecular complexity index is 202. The molecule has 0 aromatic heterocycles. The van der Waals surface area contributed by atoms with Gasteiger partial charge in [-0.15, -0.1) is 0 Å². The maximum atomic E-state index is 8.88. The second-order valence-electron chi connectivity index (χ2n) is 2.74. The lowest BCUT2D eigenvalue weighted by atomic mass is 10.5. The Balaban J connectivity index is 0. The Morgan fingerprint density at radius 3 is 1.50 bits per heavy atom. The van der Waals surface area contributed by atoms with Crippen LogP contribution >= 0.6 is 7.82 Å². The van der Waals surface area contributed by atoms with E-state index in [1.54, 1.807) is 21.3 Å². The molecule has 0 aliphatic heterocycles. The topological polar surface area (TPSA) is 131 Å². The summed E-state index contributed by atoms with van der Waals surface area (Å²) in [6.07, 6.45) is 0.793. The molecule has 0 bridgehead atoms. The van der Waals surface area contributed by atoms with Crippen molar-refractivity contribution in [3.63, 3.8) is 0 Å². The Morgan fingerprint density at radius 1 is 1.19 bits per heavy atom. The van der Waals surface area contributed by atoms with E-state index in [4.69, 9.17) is 38.3 Å². The minimum atomic E-state index is -4.64. The molecule has 0 radical (unpaired) electrons. The lowest BCUT2D eigenvalue weighted by Gasteiger charge is -2.28. The van der Waals surface area contributed by atoms with E-state index in [1.165, 1.54) is 0 Å². The molecule has 0 amide bonds. The van der Waals surface area contributed by atoms with Gasteiger partial charge in [-0.1, -0.05) is 6.92 Å². The molecular weight excluding hydrogens is 257 g/mol. The third kappa shape index (κ3) is 8.33. The highest BCUT2D eigenvalue weighted by molar-refractivity contribution is 7.45. The molecule has 0 fully saturated rings. The number of phosphoric acid groups is 1. The van der Waals surface area contributed by atoms with Gasteiger partial charge in [0.2, 0.25) is 0 Å². The molecule has 0 rings (SSSR count). The van der Waals surface area contributed by atoms with Crippen molar-refractivity contribution in [2.45, 2.75) is 19.0 Å². The summed E-state index contributed by atoms with van der Waals surface area (Å²) in [6, 6.07) is 0. The zero-order chi connectivity index (χ0) is 13.4. The second-order valence-corrected chi connectivity index (χ2v) is 6.94. The van der Waals surface area contributed by atoms with E-state index in [0.29, 0.717) is 0 Å². The Labute approximate surface area is 95.9 Å². The SMILES string of the molecule is CCC(N)[Si](OC)(OC)OC.O=P(O)(O)O. The summed E-state index contributed by atoms with van der Waals surface area (Å²) in [7, 11) is -2.49. The van der Waals surface area contributed by atoms with Crippen molar-refractivity contribution < 1.29 is 32.5 Å². The van der Waals surface area contributed by atoms with E-state index in [-0.39, 0.29) is 5.67 Å². The standard InChI is InChI=1S/C6H17NO3Si.H3O4P/c1-5-6(7)11(8-2,9-3)10-4;1-5(2,3)4/h6H,5,7H2,1-4H3;(H3,1,2,3,4). The van der Waals surface area contributed by atoms with Gasteiger partial charge in [0.1, 0.15) is 0 Å². The highest BCUT2D eigenvalue weighted by Gasteiger charge is 2.44. The van der Waals surface area contributed by atoms with Crippen molar-refractivity contribution in [3.05, 3.63) is 0 Å². The summed E-state index contributed by atoms with van der Waals surface area (Å²) in [4.78, 5) is 21.6. The lowest BCUT2D eigenvalue weighted by Crippen LogP contribution is -2.58.